The fraction of sp³-hybridized carbons (Fsp3) is 0.845. The molecule has 0 bridgehead atoms. The normalized spacial score (nSPS) is 12.5. The van der Waals surface area contributed by atoms with Crippen LogP contribution in [0.5, 0.6) is 0 Å². The lowest BCUT2D eigenvalue weighted by molar-refractivity contribution is -0.164. The van der Waals surface area contributed by atoms with Crippen molar-refractivity contribution in [1.82, 2.24) is 16.0 Å². The molecule has 0 aliphatic rings. The number of amides is 2. The summed E-state index contributed by atoms with van der Waals surface area (Å²) in [7, 11) is 0. The van der Waals surface area contributed by atoms with Crippen molar-refractivity contribution in [2.24, 2.45) is 66.5 Å². The Morgan fingerprint density at radius 1 is 0.384 bits per heavy atom. The van der Waals surface area contributed by atoms with Gasteiger partial charge in [0.1, 0.15) is 34.5 Å². The predicted molar refractivity (Wildman–Crippen MR) is 553 cm³/mol. The van der Waals surface area contributed by atoms with Gasteiger partial charge in [-0.3, -0.25) is 57.5 Å². The maximum absolute atomic E-state index is 12.7. The summed E-state index contributed by atoms with van der Waals surface area (Å²) in [6, 6.07) is -0.431. The van der Waals surface area contributed by atoms with Gasteiger partial charge in [0.2, 0.25) is 11.8 Å². The molecule has 0 fully saturated rings. The Morgan fingerprint density at radius 3 is 0.976 bits per heavy atom. The third-order valence-corrected chi connectivity index (χ3v) is 20.3. The number of Topliss-reactive ketones (excluding diaryl/α,β-unsaturated/α-hetero) is 6. The van der Waals surface area contributed by atoms with Gasteiger partial charge >= 0.3 is 11.9 Å². The molecule has 1 atom stereocenters. The van der Waals surface area contributed by atoms with Crippen molar-refractivity contribution in [3.63, 3.8) is 0 Å². The molecule has 0 saturated heterocycles. The first-order chi connectivity index (χ1) is 54.7. The fourth-order valence-corrected chi connectivity index (χ4v) is 11.4. The molecule has 0 aromatic rings. The van der Waals surface area contributed by atoms with Crippen LogP contribution in [0.1, 0.15) is 457 Å². The third kappa shape index (κ3) is 105. The monoisotopic (exact) mass is 1860 g/mol. The van der Waals surface area contributed by atoms with Crippen molar-refractivity contribution in [2.75, 3.05) is 0 Å². The number of hydrogen-bond donors (Lipinski definition) is 3. The molecule has 3 N–H and O–H groups in total. The highest BCUT2D eigenvalue weighted by atomic mass is 32.2. The van der Waals surface area contributed by atoms with Crippen LogP contribution in [0.4, 0.5) is 0 Å². The van der Waals surface area contributed by atoms with Crippen molar-refractivity contribution < 1.29 is 67.0 Å². The summed E-state index contributed by atoms with van der Waals surface area (Å²) in [5, 5.41) is 9.82. The van der Waals surface area contributed by atoms with E-state index < -0.39 is 16.9 Å². The molecule has 1 unspecified atom stereocenters. The Morgan fingerprint density at radius 2 is 0.744 bits per heavy atom. The highest BCUT2D eigenvalue weighted by Gasteiger charge is 2.33. The second-order valence-corrected chi connectivity index (χ2v) is 54.6. The average molecular weight is 1860 g/mol. The molecule has 22 heteroatoms. The van der Waals surface area contributed by atoms with E-state index in [1.54, 1.807) is 25.6 Å². The number of unbranched alkanes of at least 4 members (excludes halogenated alkanes) is 2. The van der Waals surface area contributed by atoms with Gasteiger partial charge in [0.15, 0.2) is 16.0 Å². The maximum Gasteiger partial charge on any atom is 0.311 e. The van der Waals surface area contributed by atoms with E-state index in [1.807, 2.05) is 282 Å². The Labute approximate surface area is 794 Å². The number of ketones is 6. The molecule has 17 nitrogen and oxygen atoms in total. The summed E-state index contributed by atoms with van der Waals surface area (Å²) in [5.74, 6) is 1.96. The van der Waals surface area contributed by atoms with Crippen LogP contribution in [0.25, 0.3) is 0 Å². The molecule has 0 radical (unpaired) electrons. The number of carbonyl (C=O) groups is 12. The molecule has 740 valence electrons. The van der Waals surface area contributed by atoms with Crippen LogP contribution >= 0.6 is 59.7 Å². The fourth-order valence-electron chi connectivity index (χ4n) is 7.85. The van der Waals surface area contributed by atoms with Crippen LogP contribution in [0.15, 0.2) is 12.2 Å². The van der Waals surface area contributed by atoms with Crippen LogP contribution in [0, 0.1) is 66.5 Å². The lowest BCUT2D eigenvalue weighted by Gasteiger charge is -2.26. The molecule has 0 aromatic carbocycles. The zero-order valence-corrected chi connectivity index (χ0v) is 95.2. The van der Waals surface area contributed by atoms with Crippen molar-refractivity contribution in [1.29, 1.82) is 0 Å². The first kappa shape index (κ1) is 141. The van der Waals surface area contributed by atoms with Crippen LogP contribution in [-0.4, -0.2) is 121 Å². The molecule has 125 heavy (non-hydrogen) atoms. The number of rotatable bonds is 24. The van der Waals surface area contributed by atoms with Crippen molar-refractivity contribution >= 4 is 138 Å². The maximum atomic E-state index is 12.7. The number of thioether (sulfide) groups is 3. The number of carbonyl (C=O) groups excluding carboxylic acids is 12. The summed E-state index contributed by atoms with van der Waals surface area (Å²) in [5.41, 5.74) is -3.15. The van der Waals surface area contributed by atoms with Crippen molar-refractivity contribution in [3.8, 4) is 0 Å². The van der Waals surface area contributed by atoms with E-state index >= 15 is 0 Å². The van der Waals surface area contributed by atoms with Gasteiger partial charge in [-0.1, -0.05) is 336 Å². The number of nitrogens with one attached hydrogen (secondary N) is 3. The molecule has 0 saturated carbocycles. The Kier molecular flexibility index (Phi) is 72.4. The zero-order valence-electron chi connectivity index (χ0n) is 91.1. The van der Waals surface area contributed by atoms with E-state index in [1.165, 1.54) is 23.5 Å². The summed E-state index contributed by atoms with van der Waals surface area (Å²) >= 11 is 14.8. The SMILES string of the molecule is CC(C)(C)CC(=O)C(CCCCCC(=O)C(C)(C)C)NC(=O)C(C)(C)C.CC(C)(C)NC(=O)C(C)(C)C.CC(C)(C)OC(=O)C(C)(C)C.CC(C)(C)SC(=O)C(C)(C)C.CC(C)C(=S)NC(C)(C)C.CC(C)C(=S)SC(C)(C)C.CC(C)CC(=O)CCC(=O)C(C)(C)C.CC(C)OC(=O)CCC(=O)C(C)(C)C.CC(C)SC(=O)CCC(=O)C(C)(C)C.CC=CC. The summed E-state index contributed by atoms with van der Waals surface area (Å²) in [4.78, 5) is 140. The third-order valence-electron chi connectivity index (χ3n) is 15.4. The van der Waals surface area contributed by atoms with E-state index in [4.69, 9.17) is 33.9 Å². The topological polar surface area (TPSA) is 259 Å². The number of ether oxygens (including phenoxy) is 2. The van der Waals surface area contributed by atoms with Crippen molar-refractivity contribution in [3.05, 3.63) is 12.2 Å². The van der Waals surface area contributed by atoms with Gasteiger partial charge in [-0.05, 0) is 141 Å². The smallest absolute Gasteiger partial charge is 0.311 e. The molecule has 0 aliphatic carbocycles. The van der Waals surface area contributed by atoms with E-state index in [0.717, 1.165) is 28.4 Å². The van der Waals surface area contributed by atoms with Crippen LogP contribution in [0.2, 0.25) is 0 Å². The van der Waals surface area contributed by atoms with Crippen LogP contribution in [0.3, 0.4) is 0 Å². The van der Waals surface area contributed by atoms with Gasteiger partial charge in [0.25, 0.3) is 0 Å². The van der Waals surface area contributed by atoms with Crippen molar-refractivity contribution in [2.45, 2.75) is 501 Å². The molecule has 0 aliphatic heterocycles. The van der Waals surface area contributed by atoms with Gasteiger partial charge in [-0.15, -0.1) is 11.8 Å². The van der Waals surface area contributed by atoms with Gasteiger partial charge in [-0.2, -0.15) is 0 Å². The minimum atomic E-state index is -0.514. The second-order valence-electron chi connectivity index (χ2n) is 48.2. The Balaban J connectivity index is -0.000000151. The lowest BCUT2D eigenvalue weighted by atomic mass is 9.85. The Bertz CT molecular complexity index is 2950. The molecule has 0 aromatic heterocycles. The molecule has 2 amide bonds. The van der Waals surface area contributed by atoms with Crippen LogP contribution < -0.4 is 16.0 Å². The van der Waals surface area contributed by atoms with E-state index in [9.17, 15) is 57.5 Å². The van der Waals surface area contributed by atoms with Gasteiger partial charge in [0.05, 0.1) is 33.2 Å². The quantitative estimate of drug-likeness (QED) is 0.0351. The highest BCUT2D eigenvalue weighted by molar-refractivity contribution is 8.24. The van der Waals surface area contributed by atoms with Crippen LogP contribution in [-0.2, 0) is 67.0 Å². The lowest BCUT2D eigenvalue weighted by Crippen LogP contribution is -2.46. The second kappa shape index (κ2) is 64.0. The molecular weight excluding hydrogens is 1660 g/mol. The standard InChI is InChI=1S/C22H41NO3.C12H22O2.C11H20O3.C11H20O2S.C9H19NO.C9H18O2.C9H18OS.C8H17NS.C8H16S2.C4H8/c1-20(2,3)15-17(24)16(23-19(26)22(7,8)9)13-11-10-12-14-18(25)21(4,5)6;1-9(2)8-10(13)6-7-11(14)12(3,4)5;2*1-8(2)14-10(13)7-6-9(12)11(3,4)5;1-8(2,3)7(11)10-9(4,5)6;2*1-8(2,3)7(10)11-9(4,5)6;1-6(2)7(10)9-8(3,4)5;1-6(2)7(9)10-8(3,4)5;1-3-4-2/h16H,10-15H2,1-9H3,(H,23,26);9H,6-8H2,1-5H3;2*8H,6-7H2,1-5H3;1-6H3,(H,10,11);2*1-6H3;6H,1-5H3,(H,9,10);6H,1-5H3;3-4H,1-2H3. The van der Waals surface area contributed by atoms with E-state index in [-0.39, 0.29) is 152 Å². The van der Waals surface area contributed by atoms with Gasteiger partial charge in [-0.25, -0.2) is 0 Å². The molecule has 0 rings (SSSR count). The largest absolute Gasteiger partial charge is 0.463 e. The predicted octanol–water partition coefficient (Wildman–Crippen LogP) is 28.3. The number of thiocarbonyl (C=S) groups is 2. The highest BCUT2D eigenvalue weighted by Crippen LogP contribution is 2.33. The summed E-state index contributed by atoms with van der Waals surface area (Å²) in [6.07, 6.45) is 10.7. The Hall–Kier alpha value is -3.99. The summed E-state index contributed by atoms with van der Waals surface area (Å²) in [6.45, 7) is 106. The first-order valence-corrected chi connectivity index (χ1v) is 48.8. The minimum absolute atomic E-state index is 0.0460. The number of allylic oxidation sites excluding steroid dienone is 2. The number of esters is 2. The summed E-state index contributed by atoms with van der Waals surface area (Å²) < 4.78 is 11.5. The first-order valence-electron chi connectivity index (χ1n) is 45.5. The zero-order chi connectivity index (χ0) is 103. The van der Waals surface area contributed by atoms with Gasteiger partial charge < -0.3 is 25.4 Å². The number of hydrogen-bond acceptors (Lipinski definition) is 19. The molecule has 0 spiro atoms. The average Bonchev–Trinajstić information content (AvgIpc) is 0.886. The van der Waals surface area contributed by atoms with Gasteiger partial charge in [0, 0.05) is 121 Å². The molecule has 0 heterocycles. The van der Waals surface area contributed by atoms with E-state index in [2.05, 4.69) is 106 Å². The minimum Gasteiger partial charge on any atom is -0.463 e. The molecular formula is C103H199N3O14S5. The van der Waals surface area contributed by atoms with E-state index in [0.29, 0.717) is 74.4 Å².